The first-order valence-electron chi connectivity index (χ1n) is 7.78. The smallest absolute Gasteiger partial charge is 0.286 e. The van der Waals surface area contributed by atoms with E-state index >= 15 is 0 Å². The molecule has 2 aliphatic rings. The molecule has 4 rings (SSSR count). The Morgan fingerprint density at radius 3 is 2.92 bits per heavy atom. The third-order valence-electron chi connectivity index (χ3n) is 4.30. The number of aromatic nitrogens is 1. The lowest BCUT2D eigenvalue weighted by Gasteiger charge is -2.23. The van der Waals surface area contributed by atoms with Crippen LogP contribution in [0.4, 0.5) is 4.79 Å². The van der Waals surface area contributed by atoms with Crippen molar-refractivity contribution >= 4 is 50.4 Å². The highest BCUT2D eigenvalue weighted by molar-refractivity contribution is 8.15. The fraction of sp³-hybridized carbons (Fsp3) is 0.375. The zero-order chi connectivity index (χ0) is 16.7. The highest BCUT2D eigenvalue weighted by Gasteiger charge is 2.38. The molecule has 24 heavy (non-hydrogen) atoms. The third-order valence-corrected chi connectivity index (χ3v) is 6.41. The summed E-state index contributed by atoms with van der Waals surface area (Å²) in [7, 11) is 0. The summed E-state index contributed by atoms with van der Waals surface area (Å²) in [6, 6.07) is 7.91. The van der Waals surface area contributed by atoms with Gasteiger partial charge >= 0.3 is 0 Å². The number of para-hydroxylation sites is 1. The Bertz CT molecular complexity index is 802. The van der Waals surface area contributed by atoms with Crippen LogP contribution >= 0.6 is 23.1 Å². The van der Waals surface area contributed by atoms with Crippen molar-refractivity contribution < 1.29 is 14.4 Å². The molecule has 0 radical (unpaired) electrons. The monoisotopic (exact) mass is 361 g/mol. The number of nitrogens with zero attached hydrogens (tertiary/aromatic N) is 2. The molecule has 2 aromatic rings. The molecule has 0 spiro atoms. The molecule has 2 atom stereocenters. The summed E-state index contributed by atoms with van der Waals surface area (Å²) in [5.41, 5.74) is 0.952. The number of thiazole rings is 1. The summed E-state index contributed by atoms with van der Waals surface area (Å²) in [5, 5.41) is 2.19. The number of hydrogen-bond acceptors (Lipinski definition) is 6. The van der Waals surface area contributed by atoms with Gasteiger partial charge in [0.1, 0.15) is 10.3 Å². The number of fused-ring (bicyclic) bond motifs is 1. The van der Waals surface area contributed by atoms with Crippen LogP contribution in [-0.4, -0.2) is 38.7 Å². The molecule has 1 aromatic carbocycles. The van der Waals surface area contributed by atoms with Crippen molar-refractivity contribution in [2.24, 2.45) is 0 Å². The number of likely N-dealkylation sites (tertiary alicyclic amines) is 1. The maximum Gasteiger partial charge on any atom is 0.286 e. The second-order valence-corrected chi connectivity index (χ2v) is 8.09. The summed E-state index contributed by atoms with van der Waals surface area (Å²) in [4.78, 5) is 42.1. The average Bonchev–Trinajstić information content (AvgIpc) is 3.25. The van der Waals surface area contributed by atoms with Gasteiger partial charge < -0.3 is 4.90 Å². The minimum absolute atomic E-state index is 0.0277. The van der Waals surface area contributed by atoms with Crippen molar-refractivity contribution in [2.45, 2.75) is 30.6 Å². The first kappa shape index (κ1) is 15.6. The molecule has 3 heterocycles. The lowest BCUT2D eigenvalue weighted by Crippen LogP contribution is -2.34. The van der Waals surface area contributed by atoms with Gasteiger partial charge in [-0.25, -0.2) is 4.98 Å². The number of carbonyl (C=O) groups is 3. The van der Waals surface area contributed by atoms with E-state index in [1.807, 2.05) is 29.2 Å². The fourth-order valence-corrected chi connectivity index (χ4v) is 5.08. The minimum Gasteiger partial charge on any atom is -0.333 e. The molecule has 1 N–H and O–H groups in total. The van der Waals surface area contributed by atoms with Crippen LogP contribution < -0.4 is 5.32 Å². The highest BCUT2D eigenvalue weighted by atomic mass is 32.2. The number of imide groups is 1. The fourth-order valence-electron chi connectivity index (χ4n) is 3.16. The zero-order valence-electron chi connectivity index (χ0n) is 12.7. The van der Waals surface area contributed by atoms with Crippen LogP contribution in [0.3, 0.4) is 0 Å². The van der Waals surface area contributed by atoms with Gasteiger partial charge in [-0.15, -0.1) is 11.3 Å². The summed E-state index contributed by atoms with van der Waals surface area (Å²) < 4.78 is 1.11. The van der Waals surface area contributed by atoms with E-state index in [1.54, 1.807) is 11.3 Å². The second-order valence-electron chi connectivity index (χ2n) is 5.85. The van der Waals surface area contributed by atoms with E-state index in [0.29, 0.717) is 6.54 Å². The third kappa shape index (κ3) is 2.80. The van der Waals surface area contributed by atoms with Gasteiger partial charge in [-0.1, -0.05) is 23.9 Å². The molecular formula is C16H15N3O3S2. The van der Waals surface area contributed by atoms with Crippen LogP contribution in [0.5, 0.6) is 0 Å². The van der Waals surface area contributed by atoms with Gasteiger partial charge in [0.05, 0.1) is 16.3 Å². The van der Waals surface area contributed by atoms with Crippen molar-refractivity contribution in [3.63, 3.8) is 0 Å². The Morgan fingerprint density at radius 2 is 2.17 bits per heavy atom. The predicted octanol–water partition coefficient (Wildman–Crippen LogP) is 2.70. The number of benzene rings is 1. The van der Waals surface area contributed by atoms with Crippen LogP contribution in [0.1, 0.15) is 30.3 Å². The molecule has 1 aromatic heterocycles. The molecule has 6 nitrogen and oxygen atoms in total. The summed E-state index contributed by atoms with van der Waals surface area (Å²) >= 11 is 2.52. The first-order chi connectivity index (χ1) is 11.6. The van der Waals surface area contributed by atoms with Crippen molar-refractivity contribution in [3.8, 4) is 0 Å². The maximum absolute atomic E-state index is 12.7. The van der Waals surface area contributed by atoms with Crippen LogP contribution in [0, 0.1) is 0 Å². The van der Waals surface area contributed by atoms with Gasteiger partial charge in [0.2, 0.25) is 11.8 Å². The van der Waals surface area contributed by atoms with Gasteiger partial charge in [-0.2, -0.15) is 0 Å². The first-order valence-corrected chi connectivity index (χ1v) is 9.48. The molecule has 2 fully saturated rings. The molecule has 2 aliphatic heterocycles. The Hall–Kier alpha value is -1.93. The Kier molecular flexibility index (Phi) is 4.01. The minimum atomic E-state index is -0.610. The van der Waals surface area contributed by atoms with Crippen molar-refractivity contribution in [2.75, 3.05) is 6.54 Å². The van der Waals surface area contributed by atoms with Crippen molar-refractivity contribution in [3.05, 3.63) is 29.3 Å². The van der Waals surface area contributed by atoms with Gasteiger partial charge in [-0.05, 0) is 25.0 Å². The molecule has 0 unspecified atom stereocenters. The lowest BCUT2D eigenvalue weighted by molar-refractivity contribution is -0.133. The zero-order valence-corrected chi connectivity index (χ0v) is 14.4. The van der Waals surface area contributed by atoms with Gasteiger partial charge in [-0.3, -0.25) is 19.7 Å². The Balaban J connectivity index is 1.52. The van der Waals surface area contributed by atoms with Gasteiger partial charge in [0.15, 0.2) is 0 Å². The molecule has 0 aliphatic carbocycles. The standard InChI is InChI=1S/C16H15N3O3S2/c20-13(8-12-14(21)18-16(22)24-12)19-7-3-5-10(19)15-17-9-4-1-2-6-11(9)23-15/h1-2,4,6,10,12H,3,5,7-8H2,(H,18,21,22)/t10-,12+/m0/s1. The van der Waals surface area contributed by atoms with E-state index in [2.05, 4.69) is 10.3 Å². The topological polar surface area (TPSA) is 79.4 Å². The molecule has 2 saturated heterocycles. The molecular weight excluding hydrogens is 346 g/mol. The van der Waals surface area contributed by atoms with Crippen LogP contribution in [0.2, 0.25) is 0 Å². The van der Waals surface area contributed by atoms with Crippen LogP contribution in [0.15, 0.2) is 24.3 Å². The molecule has 0 saturated carbocycles. The van der Waals surface area contributed by atoms with E-state index in [4.69, 9.17) is 0 Å². The summed E-state index contributed by atoms with van der Waals surface area (Å²) in [6.07, 6.45) is 1.87. The van der Waals surface area contributed by atoms with Crippen LogP contribution in [-0.2, 0) is 9.59 Å². The second kappa shape index (κ2) is 6.18. The SMILES string of the molecule is O=C1NC(=O)[C@@H](CC(=O)N2CCC[C@H]2c2nc3ccccc3s2)S1. The number of amides is 3. The normalized spacial score (nSPS) is 23.9. The number of thioether (sulfide) groups is 1. The lowest BCUT2D eigenvalue weighted by atomic mass is 10.2. The molecule has 3 amide bonds. The van der Waals surface area contributed by atoms with E-state index in [9.17, 15) is 14.4 Å². The molecule has 0 bridgehead atoms. The number of rotatable bonds is 3. The number of hydrogen-bond donors (Lipinski definition) is 1. The van der Waals surface area contributed by atoms with Crippen molar-refractivity contribution in [1.29, 1.82) is 0 Å². The highest BCUT2D eigenvalue weighted by Crippen LogP contribution is 2.37. The van der Waals surface area contributed by atoms with E-state index < -0.39 is 5.25 Å². The van der Waals surface area contributed by atoms with E-state index in [-0.39, 0.29) is 29.5 Å². The predicted molar refractivity (Wildman–Crippen MR) is 92.8 cm³/mol. The number of carbonyl (C=O) groups excluding carboxylic acids is 3. The average molecular weight is 361 g/mol. The maximum atomic E-state index is 12.7. The molecule has 124 valence electrons. The Labute approximate surface area is 146 Å². The molecule has 8 heteroatoms. The number of nitrogens with one attached hydrogen (secondary N) is 1. The summed E-state index contributed by atoms with van der Waals surface area (Å²) in [6.45, 7) is 0.673. The quantitative estimate of drug-likeness (QED) is 0.909. The summed E-state index contributed by atoms with van der Waals surface area (Å²) in [5.74, 6) is -0.451. The van der Waals surface area contributed by atoms with Crippen LogP contribution in [0.25, 0.3) is 10.2 Å². The largest absolute Gasteiger partial charge is 0.333 e. The van der Waals surface area contributed by atoms with E-state index in [0.717, 1.165) is 39.8 Å². The van der Waals surface area contributed by atoms with E-state index in [1.165, 1.54) is 0 Å². The van der Waals surface area contributed by atoms with Gasteiger partial charge in [0.25, 0.3) is 5.24 Å². The van der Waals surface area contributed by atoms with Gasteiger partial charge in [0, 0.05) is 13.0 Å². The van der Waals surface area contributed by atoms with Crippen molar-refractivity contribution in [1.82, 2.24) is 15.2 Å². The Morgan fingerprint density at radius 1 is 1.33 bits per heavy atom.